The van der Waals surface area contributed by atoms with Crippen LogP contribution in [0.5, 0.6) is 5.75 Å². The van der Waals surface area contributed by atoms with E-state index in [2.05, 4.69) is 17.2 Å². The van der Waals surface area contributed by atoms with Crippen molar-refractivity contribution in [2.24, 2.45) is 0 Å². The molecule has 3 aromatic rings. The van der Waals surface area contributed by atoms with E-state index in [1.807, 2.05) is 47.1 Å². The molecule has 1 aromatic heterocycles. The van der Waals surface area contributed by atoms with Gasteiger partial charge in [0, 0.05) is 6.42 Å². The molecule has 0 aliphatic heterocycles. The van der Waals surface area contributed by atoms with Gasteiger partial charge >= 0.3 is 0 Å². The third-order valence-corrected chi connectivity index (χ3v) is 4.63. The number of methoxy groups -OCH3 is 1. The van der Waals surface area contributed by atoms with Crippen molar-refractivity contribution in [2.45, 2.75) is 18.8 Å². The fraction of sp³-hybridized carbons (Fsp3) is 0.200. The summed E-state index contributed by atoms with van der Waals surface area (Å²) in [5, 5.41) is 4.46. The number of hydrogen-bond acceptors (Lipinski definition) is 3. The predicted octanol–water partition coefficient (Wildman–Crippen LogP) is 3.79. The minimum Gasteiger partial charge on any atom is -0.497 e. The fourth-order valence-corrected chi connectivity index (χ4v) is 3.35. The maximum atomic E-state index is 12.5. The molecule has 0 saturated heterocycles. The van der Waals surface area contributed by atoms with Gasteiger partial charge in [-0.15, -0.1) is 0 Å². The molecule has 1 heterocycles. The minimum absolute atomic E-state index is 0.171. The van der Waals surface area contributed by atoms with Crippen molar-refractivity contribution in [3.8, 4) is 11.4 Å². The molecule has 1 atom stereocenters. The molecule has 1 aliphatic carbocycles. The highest BCUT2D eigenvalue weighted by Gasteiger charge is 2.29. The lowest BCUT2D eigenvalue weighted by molar-refractivity contribution is 0.0963. The van der Waals surface area contributed by atoms with E-state index in [9.17, 15) is 4.79 Å². The molecular weight excluding hydrogens is 300 g/mol. The van der Waals surface area contributed by atoms with Gasteiger partial charge in [0.05, 0.1) is 30.3 Å². The molecule has 0 amide bonds. The summed E-state index contributed by atoms with van der Waals surface area (Å²) in [4.78, 5) is 12.5. The zero-order valence-corrected chi connectivity index (χ0v) is 13.5. The molecule has 0 saturated carbocycles. The van der Waals surface area contributed by atoms with Crippen LogP contribution in [0.2, 0.25) is 0 Å². The summed E-state index contributed by atoms with van der Waals surface area (Å²) in [6.45, 7) is 0. The van der Waals surface area contributed by atoms with Crippen molar-refractivity contribution in [3.63, 3.8) is 0 Å². The number of hydrogen-bond donors (Lipinski definition) is 0. The Kier molecular flexibility index (Phi) is 3.65. The summed E-state index contributed by atoms with van der Waals surface area (Å²) in [6.07, 6.45) is 3.06. The van der Waals surface area contributed by atoms with Gasteiger partial charge in [0.2, 0.25) is 0 Å². The van der Waals surface area contributed by atoms with Gasteiger partial charge in [0.15, 0.2) is 5.78 Å². The lowest BCUT2D eigenvalue weighted by atomic mass is 9.82. The van der Waals surface area contributed by atoms with E-state index in [0.717, 1.165) is 29.1 Å². The number of Topliss-reactive ketones (excluding diaryl/α,β-unsaturated/α-hetero) is 1. The summed E-state index contributed by atoms with van der Waals surface area (Å²) in [6, 6.07) is 18.0. The molecule has 0 bridgehead atoms. The molecule has 0 fully saturated rings. The van der Waals surface area contributed by atoms with E-state index in [-0.39, 0.29) is 11.7 Å². The lowest BCUT2D eigenvalue weighted by Crippen LogP contribution is -2.20. The topological polar surface area (TPSA) is 44.1 Å². The molecule has 4 rings (SSSR count). The van der Waals surface area contributed by atoms with Gasteiger partial charge < -0.3 is 4.74 Å². The lowest BCUT2D eigenvalue weighted by Gasteiger charge is -2.23. The number of fused-ring (bicyclic) bond motifs is 1. The third-order valence-electron chi connectivity index (χ3n) is 4.63. The van der Waals surface area contributed by atoms with Gasteiger partial charge in [-0.25, -0.2) is 4.68 Å². The van der Waals surface area contributed by atoms with Crippen molar-refractivity contribution in [3.05, 3.63) is 77.6 Å². The Hall–Kier alpha value is -2.88. The largest absolute Gasteiger partial charge is 0.497 e. The average molecular weight is 318 g/mol. The third kappa shape index (κ3) is 2.50. The number of ketones is 1. The molecule has 0 radical (unpaired) electrons. The van der Waals surface area contributed by atoms with Crippen LogP contribution in [0.3, 0.4) is 0 Å². The molecule has 120 valence electrons. The first-order valence-corrected chi connectivity index (χ1v) is 8.05. The SMILES string of the molecule is COc1ccc(-n2ncc3c2CC(c2ccccc2)CC3=O)cc1. The van der Waals surface area contributed by atoms with Crippen LogP contribution in [0.25, 0.3) is 5.69 Å². The number of aromatic nitrogens is 2. The molecule has 0 spiro atoms. The predicted molar refractivity (Wildman–Crippen MR) is 92.0 cm³/mol. The Morgan fingerprint density at radius 2 is 1.79 bits per heavy atom. The highest BCUT2D eigenvalue weighted by Crippen LogP contribution is 2.33. The Morgan fingerprint density at radius 3 is 2.50 bits per heavy atom. The quantitative estimate of drug-likeness (QED) is 0.738. The Morgan fingerprint density at radius 1 is 1.04 bits per heavy atom. The zero-order chi connectivity index (χ0) is 16.5. The normalized spacial score (nSPS) is 16.7. The highest BCUT2D eigenvalue weighted by atomic mass is 16.5. The van der Waals surface area contributed by atoms with Gasteiger partial charge in [-0.3, -0.25) is 4.79 Å². The molecule has 24 heavy (non-hydrogen) atoms. The highest BCUT2D eigenvalue weighted by molar-refractivity contribution is 5.98. The van der Waals surface area contributed by atoms with Crippen LogP contribution >= 0.6 is 0 Å². The van der Waals surface area contributed by atoms with Crippen molar-refractivity contribution < 1.29 is 9.53 Å². The number of rotatable bonds is 3. The summed E-state index contributed by atoms with van der Waals surface area (Å²) in [5.74, 6) is 1.18. The van der Waals surface area contributed by atoms with E-state index >= 15 is 0 Å². The van der Waals surface area contributed by atoms with Crippen LogP contribution in [0, 0.1) is 0 Å². The van der Waals surface area contributed by atoms with Gasteiger partial charge in [-0.1, -0.05) is 30.3 Å². The average Bonchev–Trinajstić information content (AvgIpc) is 3.07. The maximum absolute atomic E-state index is 12.5. The smallest absolute Gasteiger partial charge is 0.166 e. The molecule has 0 N–H and O–H groups in total. The van der Waals surface area contributed by atoms with Crippen molar-refractivity contribution in [1.29, 1.82) is 0 Å². The number of carbonyl (C=O) groups is 1. The molecular formula is C20H18N2O2. The van der Waals surface area contributed by atoms with E-state index in [1.165, 1.54) is 5.56 Å². The van der Waals surface area contributed by atoms with Crippen molar-refractivity contribution >= 4 is 5.78 Å². The Bertz CT molecular complexity index is 866. The first-order chi connectivity index (χ1) is 11.8. The first-order valence-electron chi connectivity index (χ1n) is 8.05. The van der Waals surface area contributed by atoms with Gasteiger partial charge in [0.25, 0.3) is 0 Å². The van der Waals surface area contributed by atoms with Crippen LogP contribution < -0.4 is 4.74 Å². The number of benzene rings is 2. The van der Waals surface area contributed by atoms with Crippen molar-refractivity contribution in [1.82, 2.24) is 9.78 Å². The summed E-state index contributed by atoms with van der Waals surface area (Å²) >= 11 is 0. The van der Waals surface area contributed by atoms with Crippen LogP contribution in [-0.4, -0.2) is 22.7 Å². The maximum Gasteiger partial charge on any atom is 0.166 e. The van der Waals surface area contributed by atoms with Crippen LogP contribution in [-0.2, 0) is 6.42 Å². The van der Waals surface area contributed by atoms with Crippen LogP contribution in [0.4, 0.5) is 0 Å². The standard InChI is InChI=1S/C20H18N2O2/c1-24-17-9-7-16(8-10-17)22-19-11-15(14-5-3-2-4-6-14)12-20(23)18(19)13-21-22/h2-10,13,15H,11-12H2,1H3. The Balaban J connectivity index is 1.72. The second kappa shape index (κ2) is 5.96. The number of carbonyl (C=O) groups excluding carboxylic acids is 1. The van der Waals surface area contributed by atoms with Gasteiger partial charge in [-0.2, -0.15) is 5.10 Å². The van der Waals surface area contributed by atoms with Crippen LogP contribution in [0.1, 0.15) is 34.0 Å². The second-order valence-electron chi connectivity index (χ2n) is 6.05. The Labute approximate surface area is 140 Å². The molecule has 1 aliphatic rings. The van der Waals surface area contributed by atoms with Gasteiger partial charge in [-0.05, 0) is 42.2 Å². The van der Waals surface area contributed by atoms with Crippen molar-refractivity contribution in [2.75, 3.05) is 7.11 Å². The molecule has 4 nitrogen and oxygen atoms in total. The zero-order valence-electron chi connectivity index (χ0n) is 13.5. The molecule has 4 heteroatoms. The summed E-state index contributed by atoms with van der Waals surface area (Å²) in [5.41, 5.74) is 3.89. The van der Waals surface area contributed by atoms with Gasteiger partial charge in [0.1, 0.15) is 5.75 Å². The summed E-state index contributed by atoms with van der Waals surface area (Å²) < 4.78 is 7.08. The van der Waals surface area contributed by atoms with Crippen LogP contribution in [0.15, 0.2) is 60.8 Å². The molecule has 2 aromatic carbocycles. The van der Waals surface area contributed by atoms with E-state index < -0.39 is 0 Å². The number of ether oxygens (including phenoxy) is 1. The fourth-order valence-electron chi connectivity index (χ4n) is 3.35. The number of nitrogens with zero attached hydrogens (tertiary/aromatic N) is 2. The van der Waals surface area contributed by atoms with E-state index in [1.54, 1.807) is 13.3 Å². The monoisotopic (exact) mass is 318 g/mol. The first kappa shape index (κ1) is 14.7. The molecule has 1 unspecified atom stereocenters. The van der Waals surface area contributed by atoms with E-state index in [0.29, 0.717) is 6.42 Å². The minimum atomic E-state index is 0.171. The summed E-state index contributed by atoms with van der Waals surface area (Å²) in [7, 11) is 1.65. The van der Waals surface area contributed by atoms with E-state index in [4.69, 9.17) is 4.74 Å². The second-order valence-corrected chi connectivity index (χ2v) is 6.05.